The topological polar surface area (TPSA) is 101 Å². The van der Waals surface area contributed by atoms with E-state index in [1.807, 2.05) is 27.7 Å². The molecule has 1 aliphatic carbocycles. The van der Waals surface area contributed by atoms with Gasteiger partial charge in [-0.15, -0.1) is 0 Å². The van der Waals surface area contributed by atoms with Crippen molar-refractivity contribution in [1.29, 1.82) is 0 Å². The van der Waals surface area contributed by atoms with Crippen LogP contribution in [-0.4, -0.2) is 86.0 Å². The van der Waals surface area contributed by atoms with Crippen LogP contribution < -0.4 is 0 Å². The molecule has 1 N–H and O–H groups in total. The zero-order chi connectivity index (χ0) is 25.8. The lowest BCUT2D eigenvalue weighted by Crippen LogP contribution is -2.44. The molecule has 0 amide bonds. The van der Waals surface area contributed by atoms with Crippen LogP contribution in [0.4, 0.5) is 0 Å². The number of hydrogen-bond donors (Lipinski definition) is 1. The Balaban J connectivity index is 2.36. The van der Waals surface area contributed by atoms with Gasteiger partial charge < -0.3 is 28.8 Å². The fourth-order valence-corrected chi connectivity index (χ4v) is 4.45. The Morgan fingerprint density at radius 1 is 0.971 bits per heavy atom. The maximum atomic E-state index is 12.7. The van der Waals surface area contributed by atoms with Crippen molar-refractivity contribution in [3.63, 3.8) is 0 Å². The van der Waals surface area contributed by atoms with Gasteiger partial charge in [-0.25, -0.2) is 0 Å². The molecule has 1 saturated carbocycles. The third-order valence-corrected chi connectivity index (χ3v) is 7.35. The van der Waals surface area contributed by atoms with Crippen LogP contribution in [0.25, 0.3) is 0 Å². The first-order chi connectivity index (χ1) is 15.9. The van der Waals surface area contributed by atoms with E-state index in [2.05, 4.69) is 0 Å². The average Bonchev–Trinajstić information content (AvgIpc) is 2.80. The predicted molar refractivity (Wildman–Crippen MR) is 133 cm³/mol. The molecule has 0 aromatic carbocycles. The van der Waals surface area contributed by atoms with Crippen molar-refractivity contribution in [3.8, 4) is 0 Å². The molecular formula is C25H46O8S. The third-order valence-electron chi connectivity index (χ3n) is 6.41. The lowest BCUT2D eigenvalue weighted by Gasteiger charge is -2.33. The Hall–Kier alpha value is -0.870. The quantitative estimate of drug-likeness (QED) is 0.248. The second-order valence-corrected chi connectivity index (χ2v) is 11.6. The van der Waals surface area contributed by atoms with Gasteiger partial charge in [-0.2, -0.15) is 11.8 Å². The highest BCUT2D eigenvalue weighted by molar-refractivity contribution is 7.99. The van der Waals surface area contributed by atoms with Gasteiger partial charge in [-0.3, -0.25) is 9.59 Å². The van der Waals surface area contributed by atoms with Gasteiger partial charge in [0.15, 0.2) is 0 Å². The Morgan fingerprint density at radius 3 is 2.21 bits per heavy atom. The molecule has 0 radical (unpaired) electrons. The fourth-order valence-electron chi connectivity index (χ4n) is 3.42. The first-order valence-corrected chi connectivity index (χ1v) is 13.3. The number of aliphatic hydroxyl groups is 1. The summed E-state index contributed by atoms with van der Waals surface area (Å²) in [6, 6.07) is 0. The number of thioether (sulfide) groups is 1. The molecule has 1 fully saturated rings. The summed E-state index contributed by atoms with van der Waals surface area (Å²) in [4.78, 5) is 24.9. The molecule has 9 heteroatoms. The number of aliphatic hydroxyl groups excluding tert-OH is 1. The first kappa shape index (κ1) is 31.2. The molecule has 1 aliphatic rings. The Labute approximate surface area is 209 Å². The molecule has 0 spiro atoms. The van der Waals surface area contributed by atoms with Crippen LogP contribution in [0.2, 0.25) is 0 Å². The van der Waals surface area contributed by atoms with Gasteiger partial charge in [0.1, 0.15) is 18.1 Å². The molecule has 0 bridgehead atoms. The Kier molecular flexibility index (Phi) is 13.4. The van der Waals surface area contributed by atoms with Gasteiger partial charge in [0.2, 0.25) is 0 Å². The molecule has 34 heavy (non-hydrogen) atoms. The number of esters is 2. The van der Waals surface area contributed by atoms with Crippen LogP contribution in [0.5, 0.6) is 0 Å². The number of rotatable bonds is 16. The van der Waals surface area contributed by atoms with Crippen molar-refractivity contribution in [1.82, 2.24) is 0 Å². The molecular weight excluding hydrogens is 460 g/mol. The average molecular weight is 507 g/mol. The first-order valence-electron chi connectivity index (χ1n) is 12.2. The van der Waals surface area contributed by atoms with Gasteiger partial charge in [0, 0.05) is 14.2 Å². The monoisotopic (exact) mass is 506 g/mol. The zero-order valence-corrected chi connectivity index (χ0v) is 23.0. The molecule has 200 valence electrons. The normalized spacial score (nSPS) is 21.1. The Morgan fingerprint density at radius 2 is 1.62 bits per heavy atom. The summed E-state index contributed by atoms with van der Waals surface area (Å²) in [5.41, 5.74) is -1.83. The van der Waals surface area contributed by atoms with Crippen molar-refractivity contribution >= 4 is 23.7 Å². The van der Waals surface area contributed by atoms with Gasteiger partial charge in [0.05, 0.1) is 36.3 Å². The summed E-state index contributed by atoms with van der Waals surface area (Å²) in [5.74, 6) is -0.0993. The van der Waals surface area contributed by atoms with E-state index in [1.54, 1.807) is 21.1 Å². The van der Waals surface area contributed by atoms with Crippen LogP contribution in [-0.2, 0) is 33.3 Å². The summed E-state index contributed by atoms with van der Waals surface area (Å²) in [5, 5.41) is 9.81. The van der Waals surface area contributed by atoms with Gasteiger partial charge in [0.25, 0.3) is 0 Å². The number of carbonyl (C=O) groups is 2. The van der Waals surface area contributed by atoms with Crippen LogP contribution in [0, 0.1) is 5.41 Å². The van der Waals surface area contributed by atoms with Crippen LogP contribution in [0.15, 0.2) is 0 Å². The number of methoxy groups -OCH3 is 2. The minimum absolute atomic E-state index is 0.140. The van der Waals surface area contributed by atoms with Crippen LogP contribution in [0.1, 0.15) is 73.1 Å². The fraction of sp³-hybridized carbons (Fsp3) is 0.920. The van der Waals surface area contributed by atoms with Gasteiger partial charge in [-0.05, 0) is 72.5 Å². The van der Waals surface area contributed by atoms with E-state index in [-0.39, 0.29) is 35.8 Å². The molecule has 1 unspecified atom stereocenters. The van der Waals surface area contributed by atoms with Crippen molar-refractivity contribution < 1.29 is 38.4 Å². The standard InChI is InChI=1S/C25H46O8S/c1-23(2,30-7)12-14-32-24(3,4)13-15-34-16-21(27)31-18-25(5,17-26)22(28)33-20-11-9-8-10-19(20)29-6/h19-20,26H,8-18H2,1-7H3/t19-,20-,25?/m1/s1. The van der Waals surface area contributed by atoms with E-state index in [1.165, 1.54) is 11.8 Å². The number of ether oxygens (including phenoxy) is 5. The number of carbonyl (C=O) groups excluding carboxylic acids is 2. The lowest BCUT2D eigenvalue weighted by atomic mass is 9.91. The molecule has 0 aliphatic heterocycles. The number of hydrogen-bond acceptors (Lipinski definition) is 9. The summed E-state index contributed by atoms with van der Waals surface area (Å²) in [7, 11) is 3.30. The molecule has 0 heterocycles. The summed E-state index contributed by atoms with van der Waals surface area (Å²) in [6.45, 7) is 9.57. The van der Waals surface area contributed by atoms with Crippen molar-refractivity contribution in [2.24, 2.45) is 5.41 Å². The highest BCUT2D eigenvalue weighted by Crippen LogP contribution is 2.27. The van der Waals surface area contributed by atoms with Crippen LogP contribution >= 0.6 is 11.8 Å². The SMILES string of the molecule is CO[C@@H]1CCCC[C@H]1OC(=O)C(C)(CO)COC(=O)CSCCC(C)(C)OCCC(C)(C)OC. The van der Waals surface area contributed by atoms with Crippen molar-refractivity contribution in [3.05, 3.63) is 0 Å². The largest absolute Gasteiger partial charge is 0.464 e. The summed E-state index contributed by atoms with van der Waals surface area (Å²) < 4.78 is 27.8. The van der Waals surface area contributed by atoms with Crippen molar-refractivity contribution in [2.75, 3.05) is 45.5 Å². The van der Waals surface area contributed by atoms with E-state index in [0.29, 0.717) is 6.61 Å². The minimum atomic E-state index is -1.30. The van der Waals surface area contributed by atoms with Crippen LogP contribution in [0.3, 0.4) is 0 Å². The summed E-state index contributed by atoms with van der Waals surface area (Å²) >= 11 is 1.46. The molecule has 0 aromatic rings. The maximum Gasteiger partial charge on any atom is 0.318 e. The predicted octanol–water partition coefficient (Wildman–Crippen LogP) is 3.76. The van der Waals surface area contributed by atoms with Gasteiger partial charge in [-0.1, -0.05) is 6.42 Å². The molecule has 0 aromatic heterocycles. The molecule has 8 nitrogen and oxygen atoms in total. The highest BCUT2D eigenvalue weighted by atomic mass is 32.2. The van der Waals surface area contributed by atoms with E-state index < -0.39 is 24.0 Å². The van der Waals surface area contributed by atoms with E-state index in [9.17, 15) is 14.7 Å². The zero-order valence-electron chi connectivity index (χ0n) is 22.1. The van der Waals surface area contributed by atoms with E-state index in [4.69, 9.17) is 23.7 Å². The second-order valence-electron chi connectivity index (χ2n) is 10.5. The van der Waals surface area contributed by atoms with Crippen molar-refractivity contribution in [2.45, 2.75) is 96.6 Å². The second kappa shape index (κ2) is 14.6. The smallest absolute Gasteiger partial charge is 0.318 e. The van der Waals surface area contributed by atoms with E-state index in [0.717, 1.165) is 44.3 Å². The lowest BCUT2D eigenvalue weighted by molar-refractivity contribution is -0.178. The molecule has 0 saturated heterocycles. The maximum absolute atomic E-state index is 12.7. The van der Waals surface area contributed by atoms with E-state index >= 15 is 0 Å². The molecule has 1 rings (SSSR count). The minimum Gasteiger partial charge on any atom is -0.464 e. The Bertz CT molecular complexity index is 624. The molecule has 3 atom stereocenters. The summed E-state index contributed by atoms with van der Waals surface area (Å²) in [6.07, 6.45) is 4.66. The highest BCUT2D eigenvalue weighted by Gasteiger charge is 2.39. The van der Waals surface area contributed by atoms with Gasteiger partial charge >= 0.3 is 11.9 Å². The third kappa shape index (κ3) is 11.2.